The first-order chi connectivity index (χ1) is 28.0. The summed E-state index contributed by atoms with van der Waals surface area (Å²) in [6.07, 6.45) is 0.986. The minimum absolute atomic E-state index is 0.00855. The summed E-state index contributed by atoms with van der Waals surface area (Å²) in [5.74, 6) is -1.22. The lowest BCUT2D eigenvalue weighted by Crippen LogP contribution is -3.13. The third-order valence-corrected chi connectivity index (χ3v) is 11.8. The monoisotopic (exact) mass is 820 g/mol. The zero-order valence-electron chi connectivity index (χ0n) is 31.8. The maximum Gasteiger partial charge on any atom is 0.259 e. The Morgan fingerprint density at radius 1 is 0.793 bits per heavy atom. The minimum Gasteiger partial charge on any atom is -0.859 e. The van der Waals surface area contributed by atoms with Crippen molar-refractivity contribution < 1.29 is 29.3 Å². The molecule has 0 spiro atoms. The molecule has 6 aromatic rings. The molecule has 1 fully saturated rings. The van der Waals surface area contributed by atoms with E-state index in [2.05, 4.69) is 9.97 Å². The van der Waals surface area contributed by atoms with Crippen molar-refractivity contribution in [2.45, 2.75) is 31.3 Å². The number of nitrogens with zero attached hydrogens (tertiary/aromatic N) is 3. The molecule has 5 heterocycles. The van der Waals surface area contributed by atoms with E-state index in [-0.39, 0.29) is 43.8 Å². The summed E-state index contributed by atoms with van der Waals surface area (Å²) < 4.78 is 20.9. The number of hydrogen-bond donors (Lipinski definition) is 4. The van der Waals surface area contributed by atoms with Crippen LogP contribution in [-0.2, 0) is 13.1 Å². The average Bonchev–Trinajstić information content (AvgIpc) is 3.20. The molecule has 0 saturated carbocycles. The number of aromatic amines is 2. The van der Waals surface area contributed by atoms with Gasteiger partial charge in [-0.15, -0.1) is 0 Å². The van der Waals surface area contributed by atoms with Crippen molar-refractivity contribution in [3.63, 3.8) is 0 Å². The number of para-hydroxylation sites is 4. The molecule has 2 unspecified atom stereocenters. The largest absolute Gasteiger partial charge is 0.859 e. The molecule has 0 radical (unpaired) electrons. The van der Waals surface area contributed by atoms with E-state index in [9.17, 15) is 24.6 Å². The lowest BCUT2D eigenvalue weighted by atomic mass is 9.82. The Bertz CT molecular complexity index is 2760. The molecule has 8 rings (SSSR count). The van der Waals surface area contributed by atoms with Crippen LogP contribution in [0.25, 0.3) is 11.4 Å². The Kier molecular flexibility index (Phi) is 10.4. The van der Waals surface area contributed by atoms with E-state index >= 15 is 0 Å². The van der Waals surface area contributed by atoms with Crippen LogP contribution in [0.15, 0.2) is 99.3 Å². The Balaban J connectivity index is 1.34. The van der Waals surface area contributed by atoms with E-state index < -0.39 is 28.8 Å². The Morgan fingerprint density at radius 3 is 2.09 bits per heavy atom. The molecule has 2 bridgehead atoms. The molecule has 3 aromatic carbocycles. The number of hydrogen-bond acceptors (Lipinski definition) is 10. The van der Waals surface area contributed by atoms with Crippen LogP contribution >= 0.6 is 24.4 Å². The topological polar surface area (TPSA) is 173 Å². The van der Waals surface area contributed by atoms with Gasteiger partial charge in [-0.05, 0) is 84.8 Å². The molecule has 4 N–H and O–H groups in total. The smallest absolute Gasteiger partial charge is 0.259 e. The maximum absolute atomic E-state index is 14.9. The van der Waals surface area contributed by atoms with Crippen molar-refractivity contribution in [3.8, 4) is 40.4 Å². The third kappa shape index (κ3) is 6.72. The number of benzene rings is 3. The zero-order valence-corrected chi connectivity index (χ0v) is 33.4. The van der Waals surface area contributed by atoms with Gasteiger partial charge in [0.05, 0.1) is 57.3 Å². The number of fused-ring (bicyclic) bond motifs is 4. The summed E-state index contributed by atoms with van der Waals surface area (Å²) >= 11 is 11.1. The first-order valence-electron chi connectivity index (χ1n) is 18.6. The third-order valence-electron chi connectivity index (χ3n) is 11.2. The number of H-pyrrole nitrogens is 2. The van der Waals surface area contributed by atoms with Crippen molar-refractivity contribution in [1.82, 2.24) is 23.7 Å². The van der Waals surface area contributed by atoms with Gasteiger partial charge < -0.3 is 33.9 Å². The van der Waals surface area contributed by atoms with Crippen LogP contribution in [0.5, 0.6) is 29.0 Å². The van der Waals surface area contributed by atoms with Crippen molar-refractivity contribution in [2.75, 3.05) is 34.4 Å². The van der Waals surface area contributed by atoms with Gasteiger partial charge in [0.2, 0.25) is 5.88 Å². The number of aromatic hydroxyl groups is 1. The zero-order chi connectivity index (χ0) is 40.8. The second-order valence-corrected chi connectivity index (χ2v) is 15.3. The minimum atomic E-state index is -1.47. The van der Waals surface area contributed by atoms with E-state index in [0.717, 1.165) is 35.3 Å². The number of pyridine rings is 1. The standard InChI is InChI=1S/C42H40N6O8S2/c1-54-30-16-15-24(18-26(30)22-45-19-23-17-25(21-45)27-11-8-14-33(49)46(27)20-23)34(35-37(50)43-41(57)47(39(35)52)28-9-4-6-12-31(28)55-2)36-38(51)44-42(58)48(40(36)53)29-10-5-7-13-32(29)56-3/h4-16,18,23,25,34,52-53H,17,19-22H2,1-3H3,(H,43,50,57)(H,44,51,58)/t23-,25-/m1/s1. The van der Waals surface area contributed by atoms with E-state index in [0.29, 0.717) is 41.6 Å². The Labute approximate surface area is 341 Å². The van der Waals surface area contributed by atoms with E-state index in [1.54, 1.807) is 79.9 Å². The van der Waals surface area contributed by atoms with E-state index in [1.165, 1.54) is 23.7 Å². The molecule has 298 valence electrons. The number of piperidine rings is 1. The van der Waals surface area contributed by atoms with Crippen molar-refractivity contribution >= 4 is 24.4 Å². The van der Waals surface area contributed by atoms with Gasteiger partial charge in [-0.3, -0.25) is 33.5 Å². The maximum atomic E-state index is 14.9. The molecule has 0 aliphatic carbocycles. The molecule has 0 amide bonds. The number of likely N-dealkylation sites (tertiary alicyclic amines) is 1. The number of quaternary nitrogens is 1. The van der Waals surface area contributed by atoms with Gasteiger partial charge in [0, 0.05) is 41.3 Å². The van der Waals surface area contributed by atoms with Gasteiger partial charge in [-0.2, -0.15) is 0 Å². The van der Waals surface area contributed by atoms with Crippen LogP contribution in [0.4, 0.5) is 0 Å². The lowest BCUT2D eigenvalue weighted by molar-refractivity contribution is -0.924. The van der Waals surface area contributed by atoms with Crippen LogP contribution in [0.2, 0.25) is 0 Å². The number of nitrogens with one attached hydrogen (secondary N) is 3. The molecule has 1 saturated heterocycles. The molecule has 3 aromatic heterocycles. The van der Waals surface area contributed by atoms with Crippen LogP contribution in [0.3, 0.4) is 0 Å². The summed E-state index contributed by atoms with van der Waals surface area (Å²) in [7, 11) is 4.47. The molecular formula is C42H40N6O8S2. The fourth-order valence-electron chi connectivity index (χ4n) is 8.78. The van der Waals surface area contributed by atoms with Crippen molar-refractivity contribution in [1.29, 1.82) is 0 Å². The number of aromatic nitrogens is 5. The highest BCUT2D eigenvalue weighted by Crippen LogP contribution is 2.40. The van der Waals surface area contributed by atoms with Crippen molar-refractivity contribution in [3.05, 3.63) is 153 Å². The SMILES string of the molecule is COc1ccc(C(c2c([O-])n(-c3ccccc3OC)c(=S)[nH]c2=O)c2c(O)n(-c3ccccc3OC)c(=S)[nH]c2=O)cc1C[NH+]1C[C@H]2C[C@H](C1)c1cccc(=O)n1C2. The first kappa shape index (κ1) is 38.6. The van der Waals surface area contributed by atoms with E-state index in [1.807, 2.05) is 16.7 Å². The van der Waals surface area contributed by atoms with E-state index in [4.69, 9.17) is 38.6 Å². The highest BCUT2D eigenvalue weighted by molar-refractivity contribution is 7.71. The summed E-state index contributed by atoms with van der Waals surface area (Å²) in [6.45, 7) is 2.70. The summed E-state index contributed by atoms with van der Waals surface area (Å²) in [6, 6.07) is 24.1. The molecule has 2 aliphatic heterocycles. The molecule has 2 aliphatic rings. The number of ether oxygens (including phenoxy) is 3. The summed E-state index contributed by atoms with van der Waals surface area (Å²) in [5, 5.41) is 27.2. The number of rotatable bonds is 10. The second kappa shape index (κ2) is 15.6. The summed E-state index contributed by atoms with van der Waals surface area (Å²) in [4.78, 5) is 47.8. The molecular weight excluding hydrogens is 781 g/mol. The molecule has 58 heavy (non-hydrogen) atoms. The predicted molar refractivity (Wildman–Crippen MR) is 219 cm³/mol. The molecule has 4 atom stereocenters. The number of methoxy groups -OCH3 is 3. The summed E-state index contributed by atoms with van der Waals surface area (Å²) in [5.41, 5.74) is 0.337. The van der Waals surface area contributed by atoms with Gasteiger partial charge in [-0.25, -0.2) is 0 Å². The highest BCUT2D eigenvalue weighted by Gasteiger charge is 2.38. The van der Waals surface area contributed by atoms with Crippen LogP contribution in [0, 0.1) is 15.5 Å². The fourth-order valence-corrected chi connectivity index (χ4v) is 9.33. The van der Waals surface area contributed by atoms with Gasteiger partial charge in [0.15, 0.2) is 9.54 Å². The van der Waals surface area contributed by atoms with Crippen molar-refractivity contribution in [2.24, 2.45) is 5.92 Å². The van der Waals surface area contributed by atoms with Crippen LogP contribution in [0.1, 0.15) is 46.2 Å². The Hall–Kier alpha value is -6.23. The lowest BCUT2D eigenvalue weighted by Gasteiger charge is -2.40. The van der Waals surface area contributed by atoms with Gasteiger partial charge in [0.25, 0.3) is 16.7 Å². The van der Waals surface area contributed by atoms with Gasteiger partial charge in [-0.1, -0.05) is 36.4 Å². The normalized spacial score (nSPS) is 17.6. The van der Waals surface area contributed by atoms with Gasteiger partial charge >= 0.3 is 0 Å². The average molecular weight is 821 g/mol. The first-order valence-corrected chi connectivity index (χ1v) is 19.5. The Morgan fingerprint density at radius 2 is 1.41 bits per heavy atom. The molecule has 16 heteroatoms. The quantitative estimate of drug-likeness (QED) is 0.150. The van der Waals surface area contributed by atoms with Gasteiger partial charge in [0.1, 0.15) is 23.8 Å². The van der Waals surface area contributed by atoms with Crippen LogP contribution in [-0.4, -0.2) is 63.2 Å². The second-order valence-electron chi connectivity index (χ2n) is 14.5. The molecule has 14 nitrogen and oxygen atoms in total. The fraction of sp³-hybridized carbons (Fsp3) is 0.262. The van der Waals surface area contributed by atoms with Crippen LogP contribution < -0.4 is 40.9 Å². The highest BCUT2D eigenvalue weighted by atomic mass is 32.1. The predicted octanol–water partition coefficient (Wildman–Crippen LogP) is 3.45.